The third-order valence-electron chi connectivity index (χ3n) is 4.82. The van der Waals surface area contributed by atoms with Crippen LogP contribution in [0.5, 0.6) is 0 Å². The predicted molar refractivity (Wildman–Crippen MR) is 92.1 cm³/mol. The molecule has 0 saturated carbocycles. The predicted octanol–water partition coefficient (Wildman–Crippen LogP) is -0.433. The van der Waals surface area contributed by atoms with Crippen LogP contribution in [0.15, 0.2) is 18.3 Å². The van der Waals surface area contributed by atoms with Gasteiger partial charge < -0.3 is 20.0 Å². The highest BCUT2D eigenvalue weighted by Gasteiger charge is 2.43. The van der Waals surface area contributed by atoms with Gasteiger partial charge >= 0.3 is 0 Å². The zero-order valence-electron chi connectivity index (χ0n) is 14.7. The number of hydrogen-bond donors (Lipinski definition) is 1. The maximum Gasteiger partial charge on any atom is 0.255 e. The van der Waals surface area contributed by atoms with Crippen molar-refractivity contribution in [2.24, 2.45) is 5.92 Å². The molecule has 2 aliphatic rings. The summed E-state index contributed by atoms with van der Waals surface area (Å²) in [5.41, 5.74) is 0.542. The summed E-state index contributed by atoms with van der Waals surface area (Å²) >= 11 is 0. The van der Waals surface area contributed by atoms with Crippen molar-refractivity contribution in [1.29, 1.82) is 0 Å². The first-order valence-electron chi connectivity index (χ1n) is 8.34. The van der Waals surface area contributed by atoms with E-state index in [1.54, 1.807) is 29.1 Å². The lowest BCUT2D eigenvalue weighted by molar-refractivity contribution is -0.132. The monoisotopic (exact) mass is 345 g/mol. The van der Waals surface area contributed by atoms with Crippen LogP contribution in [0.2, 0.25) is 0 Å². The van der Waals surface area contributed by atoms with Crippen LogP contribution < -0.4 is 10.2 Å². The lowest BCUT2D eigenvalue weighted by atomic mass is 10.1. The van der Waals surface area contributed by atoms with Gasteiger partial charge in [0.1, 0.15) is 5.82 Å². The molecular weight excluding hydrogens is 322 g/mol. The van der Waals surface area contributed by atoms with Crippen LogP contribution in [-0.4, -0.2) is 79.3 Å². The molecule has 1 aromatic rings. The number of nitrogens with one attached hydrogen (secondary N) is 1. The standard InChI is InChI=1S/C17H23N5O3/c1-18-16(24)12-6-15(23)22(8-12)13-9-21(10-13)17(25)11-4-5-14(19-7-11)20(2)3/h4-5,7,12-13H,6,8-10H2,1-3H3,(H,18,24). The van der Waals surface area contributed by atoms with Crippen molar-refractivity contribution in [3.05, 3.63) is 23.9 Å². The average molecular weight is 345 g/mol. The highest BCUT2D eigenvalue weighted by atomic mass is 16.2. The van der Waals surface area contributed by atoms with Gasteiger partial charge in [-0.1, -0.05) is 0 Å². The van der Waals surface area contributed by atoms with Crippen molar-refractivity contribution in [2.75, 3.05) is 45.7 Å². The van der Waals surface area contributed by atoms with E-state index in [0.29, 0.717) is 25.2 Å². The smallest absolute Gasteiger partial charge is 0.255 e. The highest BCUT2D eigenvalue weighted by molar-refractivity contribution is 5.95. The number of aromatic nitrogens is 1. The zero-order chi connectivity index (χ0) is 18.1. The zero-order valence-corrected chi connectivity index (χ0v) is 14.7. The lowest BCUT2D eigenvalue weighted by Gasteiger charge is -2.44. The fraction of sp³-hybridized carbons (Fsp3) is 0.529. The summed E-state index contributed by atoms with van der Waals surface area (Å²) in [4.78, 5) is 45.9. The van der Waals surface area contributed by atoms with E-state index in [0.717, 1.165) is 5.82 Å². The first-order valence-corrected chi connectivity index (χ1v) is 8.34. The van der Waals surface area contributed by atoms with Crippen molar-refractivity contribution in [3.63, 3.8) is 0 Å². The maximum absolute atomic E-state index is 12.5. The van der Waals surface area contributed by atoms with Crippen LogP contribution >= 0.6 is 0 Å². The molecule has 3 heterocycles. The Morgan fingerprint density at radius 1 is 1.24 bits per heavy atom. The van der Waals surface area contributed by atoms with E-state index in [-0.39, 0.29) is 36.1 Å². The minimum atomic E-state index is -0.287. The molecule has 8 nitrogen and oxygen atoms in total. The molecule has 0 bridgehead atoms. The van der Waals surface area contributed by atoms with Gasteiger partial charge in [-0.15, -0.1) is 0 Å². The number of likely N-dealkylation sites (tertiary alicyclic amines) is 2. The van der Waals surface area contributed by atoms with Gasteiger partial charge in [-0.25, -0.2) is 4.98 Å². The summed E-state index contributed by atoms with van der Waals surface area (Å²) in [5, 5.41) is 2.59. The van der Waals surface area contributed by atoms with E-state index in [4.69, 9.17) is 0 Å². The fourth-order valence-electron chi connectivity index (χ4n) is 3.24. The first-order chi connectivity index (χ1) is 11.9. The van der Waals surface area contributed by atoms with Crippen LogP contribution in [-0.2, 0) is 9.59 Å². The van der Waals surface area contributed by atoms with Gasteiger partial charge in [-0.3, -0.25) is 14.4 Å². The van der Waals surface area contributed by atoms with Crippen molar-refractivity contribution < 1.29 is 14.4 Å². The molecule has 3 rings (SSSR count). The minimum Gasteiger partial charge on any atom is -0.363 e. The number of carbonyl (C=O) groups is 3. The van der Waals surface area contributed by atoms with Crippen molar-refractivity contribution in [1.82, 2.24) is 20.1 Å². The first kappa shape index (κ1) is 17.2. The van der Waals surface area contributed by atoms with E-state index in [9.17, 15) is 14.4 Å². The third-order valence-corrected chi connectivity index (χ3v) is 4.82. The lowest BCUT2D eigenvalue weighted by Crippen LogP contribution is -2.61. The van der Waals surface area contributed by atoms with E-state index in [2.05, 4.69) is 10.3 Å². The molecular formula is C17H23N5O3. The van der Waals surface area contributed by atoms with E-state index < -0.39 is 0 Å². The van der Waals surface area contributed by atoms with E-state index in [1.807, 2.05) is 25.1 Å². The quantitative estimate of drug-likeness (QED) is 0.800. The Morgan fingerprint density at radius 2 is 1.96 bits per heavy atom. The summed E-state index contributed by atoms with van der Waals surface area (Å²) in [7, 11) is 5.36. The minimum absolute atomic E-state index is 0.000105. The van der Waals surface area contributed by atoms with Gasteiger partial charge in [-0.05, 0) is 12.1 Å². The number of nitrogens with zero attached hydrogens (tertiary/aromatic N) is 4. The van der Waals surface area contributed by atoms with Crippen molar-refractivity contribution >= 4 is 23.5 Å². The fourth-order valence-corrected chi connectivity index (χ4v) is 3.24. The molecule has 0 aromatic carbocycles. The average Bonchev–Trinajstić information content (AvgIpc) is 2.94. The van der Waals surface area contributed by atoms with Gasteiger partial charge in [0.15, 0.2) is 0 Å². The maximum atomic E-state index is 12.5. The molecule has 0 aliphatic carbocycles. The second-order valence-corrected chi connectivity index (χ2v) is 6.72. The number of carbonyl (C=O) groups excluding carboxylic acids is 3. The van der Waals surface area contributed by atoms with Gasteiger partial charge in [-0.2, -0.15) is 0 Å². The van der Waals surface area contributed by atoms with Crippen LogP contribution in [0, 0.1) is 5.92 Å². The molecule has 3 amide bonds. The van der Waals surface area contributed by atoms with Gasteiger partial charge in [0, 0.05) is 53.4 Å². The molecule has 2 aliphatic heterocycles. The normalized spacial score (nSPS) is 20.4. The van der Waals surface area contributed by atoms with Gasteiger partial charge in [0.05, 0.1) is 17.5 Å². The Kier molecular flexibility index (Phi) is 4.61. The van der Waals surface area contributed by atoms with Crippen LogP contribution in [0.1, 0.15) is 16.8 Å². The van der Waals surface area contributed by atoms with E-state index in [1.165, 1.54) is 0 Å². The molecule has 0 radical (unpaired) electrons. The summed E-state index contributed by atoms with van der Waals surface area (Å²) in [6.07, 6.45) is 1.83. The van der Waals surface area contributed by atoms with E-state index >= 15 is 0 Å². The molecule has 134 valence electrons. The molecule has 1 aromatic heterocycles. The summed E-state index contributed by atoms with van der Waals surface area (Å²) in [6.45, 7) is 1.44. The van der Waals surface area contributed by atoms with Crippen LogP contribution in [0.25, 0.3) is 0 Å². The number of anilines is 1. The third kappa shape index (κ3) is 3.29. The second-order valence-electron chi connectivity index (χ2n) is 6.72. The second kappa shape index (κ2) is 6.70. The van der Waals surface area contributed by atoms with Crippen LogP contribution in [0.4, 0.5) is 5.82 Å². The number of pyridine rings is 1. The molecule has 2 saturated heterocycles. The van der Waals surface area contributed by atoms with Crippen molar-refractivity contribution in [3.8, 4) is 0 Å². The number of rotatable bonds is 4. The molecule has 8 heteroatoms. The van der Waals surface area contributed by atoms with Crippen molar-refractivity contribution in [2.45, 2.75) is 12.5 Å². The largest absolute Gasteiger partial charge is 0.363 e. The van der Waals surface area contributed by atoms with Gasteiger partial charge in [0.25, 0.3) is 5.91 Å². The summed E-state index contributed by atoms with van der Waals surface area (Å²) in [6, 6.07) is 3.57. The Bertz CT molecular complexity index is 682. The molecule has 1 N–H and O–H groups in total. The highest BCUT2D eigenvalue weighted by Crippen LogP contribution is 2.26. The van der Waals surface area contributed by atoms with Crippen LogP contribution in [0.3, 0.4) is 0 Å². The molecule has 2 fully saturated rings. The number of hydrogen-bond acceptors (Lipinski definition) is 5. The van der Waals surface area contributed by atoms with Gasteiger partial charge in [0.2, 0.25) is 11.8 Å². The Hall–Kier alpha value is -2.64. The molecule has 25 heavy (non-hydrogen) atoms. The number of amides is 3. The molecule has 1 atom stereocenters. The Morgan fingerprint density at radius 3 is 2.52 bits per heavy atom. The molecule has 0 spiro atoms. The Labute approximate surface area is 146 Å². The summed E-state index contributed by atoms with van der Waals surface area (Å²) in [5.74, 6) is 0.312. The Balaban J connectivity index is 1.56. The summed E-state index contributed by atoms with van der Waals surface area (Å²) < 4.78 is 0. The SMILES string of the molecule is CNC(=O)C1CC(=O)N(C2CN(C(=O)c3ccc(N(C)C)nc3)C2)C1. The topological polar surface area (TPSA) is 85.8 Å². The molecule has 1 unspecified atom stereocenters.